The quantitative estimate of drug-likeness (QED) is 0.598. The molecule has 1 N–H and O–H groups in total. The Bertz CT molecular complexity index is 1270. The van der Waals surface area contributed by atoms with Crippen molar-refractivity contribution in [2.24, 2.45) is 11.8 Å². The van der Waals surface area contributed by atoms with Crippen LogP contribution in [0, 0.1) is 23.5 Å². The Labute approximate surface area is 237 Å². The van der Waals surface area contributed by atoms with Gasteiger partial charge < -0.3 is 24.8 Å². The Kier molecular flexibility index (Phi) is 8.51. The van der Waals surface area contributed by atoms with E-state index in [0.29, 0.717) is 51.9 Å². The van der Waals surface area contributed by atoms with Gasteiger partial charge in [-0.3, -0.25) is 14.4 Å². The van der Waals surface area contributed by atoms with Crippen molar-refractivity contribution in [2.75, 3.05) is 39.8 Å². The molecule has 218 valence electrons. The highest BCUT2D eigenvalue weighted by molar-refractivity contribution is 5.84. The molecule has 0 radical (unpaired) electrons. The van der Waals surface area contributed by atoms with Gasteiger partial charge in [-0.1, -0.05) is 12.1 Å². The normalized spacial score (nSPS) is 23.2. The molecule has 1 unspecified atom stereocenters. The zero-order chi connectivity index (χ0) is 29.1. The number of nitrogens with one attached hydrogen (secondary N) is 1. The number of amides is 4. The van der Waals surface area contributed by atoms with Crippen LogP contribution < -0.4 is 10.1 Å². The van der Waals surface area contributed by atoms with E-state index in [9.17, 15) is 28.0 Å². The first-order valence-electron chi connectivity index (χ1n) is 14.0. The van der Waals surface area contributed by atoms with Gasteiger partial charge in [0.25, 0.3) is 0 Å². The Morgan fingerprint density at radius 2 is 1.46 bits per heavy atom. The lowest BCUT2D eigenvalue weighted by Gasteiger charge is -2.36. The number of carbonyl (C=O) groups excluding carboxylic acids is 4. The number of benzene rings is 2. The van der Waals surface area contributed by atoms with Gasteiger partial charge in [0.1, 0.15) is 17.4 Å². The van der Waals surface area contributed by atoms with E-state index in [2.05, 4.69) is 5.32 Å². The Balaban J connectivity index is 1.24. The number of hydrogen-bond donors (Lipinski definition) is 1. The number of likely N-dealkylation sites (tertiary alicyclic amines) is 2. The van der Waals surface area contributed by atoms with Crippen LogP contribution in [0.2, 0.25) is 0 Å². The number of nitrogens with zero attached hydrogens (tertiary/aromatic N) is 3. The molecule has 0 bridgehead atoms. The number of carbonyl (C=O) groups is 4. The van der Waals surface area contributed by atoms with E-state index >= 15 is 0 Å². The Morgan fingerprint density at radius 1 is 0.854 bits per heavy atom. The average Bonchev–Trinajstić information content (AvgIpc) is 3.43. The van der Waals surface area contributed by atoms with Crippen LogP contribution in [0.4, 0.5) is 13.6 Å². The molecular formula is C30H34F2N4O5. The molecular weight excluding hydrogens is 534 g/mol. The molecule has 5 rings (SSSR count). The summed E-state index contributed by atoms with van der Waals surface area (Å²) in [6.45, 7) is 1.93. The minimum atomic E-state index is -0.645. The molecule has 3 heterocycles. The third-order valence-corrected chi connectivity index (χ3v) is 8.47. The largest absolute Gasteiger partial charge is 0.415 e. The fourth-order valence-electron chi connectivity index (χ4n) is 6.01. The zero-order valence-corrected chi connectivity index (χ0v) is 22.9. The van der Waals surface area contributed by atoms with Crippen molar-refractivity contribution in [3.05, 3.63) is 65.7 Å². The molecule has 4 amide bonds. The summed E-state index contributed by atoms with van der Waals surface area (Å²) in [6.07, 6.45) is 1.32. The van der Waals surface area contributed by atoms with E-state index in [0.717, 1.165) is 5.56 Å². The minimum Gasteiger partial charge on any atom is -0.410 e. The second-order valence-corrected chi connectivity index (χ2v) is 11.0. The molecule has 3 aliphatic heterocycles. The van der Waals surface area contributed by atoms with Gasteiger partial charge in [-0.15, -0.1) is 0 Å². The van der Waals surface area contributed by atoms with E-state index in [1.54, 1.807) is 29.0 Å². The van der Waals surface area contributed by atoms with Crippen molar-refractivity contribution in [1.29, 1.82) is 0 Å². The number of likely N-dealkylation sites (N-methyl/N-ethyl adjacent to an activating group) is 1. The summed E-state index contributed by atoms with van der Waals surface area (Å²) >= 11 is 0. The van der Waals surface area contributed by atoms with Crippen LogP contribution in [0.5, 0.6) is 5.75 Å². The van der Waals surface area contributed by atoms with Crippen molar-refractivity contribution in [3.63, 3.8) is 0 Å². The summed E-state index contributed by atoms with van der Waals surface area (Å²) in [5.74, 6) is -1.41. The third-order valence-electron chi connectivity index (χ3n) is 8.47. The van der Waals surface area contributed by atoms with Crippen molar-refractivity contribution in [3.8, 4) is 5.75 Å². The fourth-order valence-corrected chi connectivity index (χ4v) is 6.01. The maximum atomic E-state index is 13.7. The number of ether oxygens (including phenoxy) is 1. The van der Waals surface area contributed by atoms with Gasteiger partial charge in [0.2, 0.25) is 17.7 Å². The SMILES string of the molecule is CN(C(=O)Oc1ccc(F)cc1)[C@@H]1CN(C(=O)C2CCN(C(=O)C3CCC(=O)NC3)CC2)C[C@H]1c1ccc(F)cc1. The molecule has 3 saturated heterocycles. The predicted molar refractivity (Wildman–Crippen MR) is 145 cm³/mol. The molecule has 9 nitrogen and oxygen atoms in total. The average molecular weight is 569 g/mol. The molecule has 11 heteroatoms. The summed E-state index contributed by atoms with van der Waals surface area (Å²) in [7, 11) is 1.60. The highest BCUT2D eigenvalue weighted by Gasteiger charge is 2.43. The van der Waals surface area contributed by atoms with Gasteiger partial charge in [-0.25, -0.2) is 13.6 Å². The lowest BCUT2D eigenvalue weighted by molar-refractivity contribution is -0.143. The number of halogens is 2. The highest BCUT2D eigenvalue weighted by Crippen LogP contribution is 2.34. The number of hydrogen-bond acceptors (Lipinski definition) is 5. The van der Waals surface area contributed by atoms with Crippen LogP contribution in [0.1, 0.15) is 37.2 Å². The van der Waals surface area contributed by atoms with Crippen LogP contribution in [0.3, 0.4) is 0 Å². The second kappa shape index (κ2) is 12.2. The van der Waals surface area contributed by atoms with E-state index in [1.807, 2.05) is 0 Å². The number of rotatable bonds is 5. The molecule has 0 aromatic heterocycles. The second-order valence-electron chi connectivity index (χ2n) is 11.0. The van der Waals surface area contributed by atoms with Crippen LogP contribution in [-0.2, 0) is 14.4 Å². The van der Waals surface area contributed by atoms with Gasteiger partial charge in [-0.05, 0) is 61.2 Å². The van der Waals surface area contributed by atoms with E-state index in [4.69, 9.17) is 4.74 Å². The van der Waals surface area contributed by atoms with E-state index in [-0.39, 0.29) is 53.6 Å². The summed E-state index contributed by atoms with van der Waals surface area (Å²) < 4.78 is 32.4. The summed E-state index contributed by atoms with van der Waals surface area (Å²) in [5, 5.41) is 2.75. The summed E-state index contributed by atoms with van der Waals surface area (Å²) in [5.41, 5.74) is 0.799. The maximum Gasteiger partial charge on any atom is 0.415 e. The first kappa shape index (κ1) is 28.5. The Hall–Kier alpha value is -4.02. The molecule has 2 aromatic rings. The fraction of sp³-hybridized carbons (Fsp3) is 0.467. The lowest BCUT2D eigenvalue weighted by Crippen LogP contribution is -2.49. The van der Waals surface area contributed by atoms with Gasteiger partial charge in [0.15, 0.2) is 0 Å². The Morgan fingerprint density at radius 3 is 2.07 bits per heavy atom. The van der Waals surface area contributed by atoms with Crippen LogP contribution in [-0.4, -0.2) is 84.3 Å². The highest BCUT2D eigenvalue weighted by atomic mass is 19.1. The summed E-state index contributed by atoms with van der Waals surface area (Å²) in [4.78, 5) is 56.0. The number of piperidine rings is 2. The minimum absolute atomic E-state index is 0.0230. The molecule has 0 aliphatic carbocycles. The first-order chi connectivity index (χ1) is 19.7. The lowest BCUT2D eigenvalue weighted by atomic mass is 9.92. The van der Waals surface area contributed by atoms with Crippen molar-refractivity contribution < 1.29 is 32.7 Å². The molecule has 3 fully saturated rings. The van der Waals surface area contributed by atoms with E-state index < -0.39 is 18.0 Å². The van der Waals surface area contributed by atoms with Crippen molar-refractivity contribution >= 4 is 23.8 Å². The molecule has 3 atom stereocenters. The van der Waals surface area contributed by atoms with Gasteiger partial charge in [-0.2, -0.15) is 0 Å². The zero-order valence-electron chi connectivity index (χ0n) is 22.9. The van der Waals surface area contributed by atoms with Crippen molar-refractivity contribution in [2.45, 2.75) is 37.6 Å². The maximum absolute atomic E-state index is 13.7. The van der Waals surface area contributed by atoms with Crippen LogP contribution in [0.15, 0.2) is 48.5 Å². The van der Waals surface area contributed by atoms with Crippen molar-refractivity contribution in [1.82, 2.24) is 20.0 Å². The van der Waals surface area contributed by atoms with Gasteiger partial charge in [0, 0.05) is 58.0 Å². The smallest absolute Gasteiger partial charge is 0.410 e. The predicted octanol–water partition coefficient (Wildman–Crippen LogP) is 3.15. The summed E-state index contributed by atoms with van der Waals surface area (Å²) in [6, 6.07) is 10.7. The molecule has 0 saturated carbocycles. The first-order valence-corrected chi connectivity index (χ1v) is 14.0. The molecule has 0 spiro atoms. The molecule has 3 aliphatic rings. The topological polar surface area (TPSA) is 99.3 Å². The van der Waals surface area contributed by atoms with Crippen LogP contribution in [0.25, 0.3) is 0 Å². The molecule has 41 heavy (non-hydrogen) atoms. The van der Waals surface area contributed by atoms with E-state index in [1.165, 1.54) is 41.3 Å². The van der Waals surface area contributed by atoms with Crippen LogP contribution >= 0.6 is 0 Å². The monoisotopic (exact) mass is 568 g/mol. The molecule has 2 aromatic carbocycles. The standard InChI is InChI=1S/C30H34F2N4O5/c1-34(30(40)41-24-9-7-23(32)8-10-24)26-18-36(17-25(26)19-2-5-22(31)6-3-19)28(38)20-12-14-35(15-13-20)29(39)21-4-11-27(37)33-16-21/h2-3,5-10,20-21,25-26H,4,11-18H2,1H3,(H,33,37)/t21?,25-,26+/m0/s1. The van der Waals surface area contributed by atoms with Gasteiger partial charge >= 0.3 is 6.09 Å². The van der Waals surface area contributed by atoms with Gasteiger partial charge in [0.05, 0.1) is 12.0 Å². The third kappa shape index (κ3) is 6.49.